The number of unbranched alkanes of at least 4 members (excludes halogenated alkanes) is 1. The third kappa shape index (κ3) is 13.3. The second-order valence-corrected chi connectivity index (χ2v) is 3.29. The van der Waals surface area contributed by atoms with Crippen LogP contribution in [0.25, 0.3) is 0 Å². The van der Waals surface area contributed by atoms with E-state index in [-0.39, 0.29) is 13.0 Å². The minimum atomic E-state index is -0.729. The van der Waals surface area contributed by atoms with Crippen LogP contribution >= 0.6 is 0 Å². The van der Waals surface area contributed by atoms with Crippen molar-refractivity contribution in [2.24, 2.45) is 0 Å². The molecule has 0 saturated heterocycles. The largest absolute Gasteiger partial charge is 0.481 e. The topological polar surface area (TPSA) is 78.8 Å². The lowest BCUT2D eigenvalue weighted by Crippen LogP contribution is -2.18. The van der Waals surface area contributed by atoms with E-state index in [1.54, 1.807) is 0 Å². The zero-order valence-corrected chi connectivity index (χ0v) is 9.07. The Kier molecular flexibility index (Phi) is 10.9. The molecule has 0 radical (unpaired) electrons. The lowest BCUT2D eigenvalue weighted by atomic mass is 10.2. The molecule has 0 aliphatic heterocycles. The van der Waals surface area contributed by atoms with Crippen molar-refractivity contribution in [2.75, 3.05) is 32.9 Å². The molecule has 0 bridgehead atoms. The van der Waals surface area contributed by atoms with Crippen LogP contribution in [0.1, 0.15) is 25.7 Å². The molecule has 5 nitrogen and oxygen atoms in total. The first-order chi connectivity index (χ1) is 7.27. The standard InChI is InChI=1S/C10H21NO4/c12-7-9-15-8-3-6-11-5-2-1-4-10(13)14/h11-12H,1-9H2,(H,13,14). The molecule has 5 heteroatoms. The Morgan fingerprint density at radius 1 is 1.13 bits per heavy atom. The van der Waals surface area contributed by atoms with Crippen molar-refractivity contribution >= 4 is 5.97 Å². The quantitative estimate of drug-likeness (QED) is 0.433. The van der Waals surface area contributed by atoms with Gasteiger partial charge in [-0.1, -0.05) is 0 Å². The summed E-state index contributed by atoms with van der Waals surface area (Å²) in [5.41, 5.74) is 0. The van der Waals surface area contributed by atoms with Gasteiger partial charge < -0.3 is 20.3 Å². The van der Waals surface area contributed by atoms with Gasteiger partial charge in [0.2, 0.25) is 0 Å². The number of ether oxygens (including phenoxy) is 1. The van der Waals surface area contributed by atoms with E-state index in [1.165, 1.54) is 0 Å². The molecule has 0 heterocycles. The number of aliphatic carboxylic acids is 1. The van der Waals surface area contributed by atoms with Crippen LogP contribution in [0.3, 0.4) is 0 Å². The van der Waals surface area contributed by atoms with Crippen LogP contribution in [0, 0.1) is 0 Å². The molecule has 0 aliphatic carbocycles. The van der Waals surface area contributed by atoms with Gasteiger partial charge in [0.25, 0.3) is 0 Å². The third-order valence-electron chi connectivity index (χ3n) is 1.87. The number of carboxylic acid groups (broad SMARTS) is 1. The van der Waals surface area contributed by atoms with Crippen molar-refractivity contribution in [3.05, 3.63) is 0 Å². The van der Waals surface area contributed by atoms with E-state index < -0.39 is 5.97 Å². The summed E-state index contributed by atoms with van der Waals surface area (Å²) < 4.78 is 5.07. The summed E-state index contributed by atoms with van der Waals surface area (Å²) in [6.07, 6.45) is 2.79. The van der Waals surface area contributed by atoms with Gasteiger partial charge in [-0.3, -0.25) is 4.79 Å². The fraction of sp³-hybridized carbons (Fsp3) is 0.900. The normalized spacial score (nSPS) is 10.5. The van der Waals surface area contributed by atoms with E-state index in [2.05, 4.69) is 5.32 Å². The maximum Gasteiger partial charge on any atom is 0.303 e. The highest BCUT2D eigenvalue weighted by Gasteiger charge is 1.95. The van der Waals surface area contributed by atoms with Gasteiger partial charge in [0.05, 0.1) is 13.2 Å². The van der Waals surface area contributed by atoms with Crippen LogP contribution in [0.5, 0.6) is 0 Å². The van der Waals surface area contributed by atoms with Gasteiger partial charge in [0.1, 0.15) is 0 Å². The van der Waals surface area contributed by atoms with Gasteiger partial charge in [0.15, 0.2) is 0 Å². The van der Waals surface area contributed by atoms with Crippen LogP contribution < -0.4 is 5.32 Å². The molecule has 0 aromatic carbocycles. The fourth-order valence-electron chi connectivity index (χ4n) is 1.12. The zero-order valence-electron chi connectivity index (χ0n) is 9.07. The van der Waals surface area contributed by atoms with Crippen molar-refractivity contribution in [1.82, 2.24) is 5.32 Å². The summed E-state index contributed by atoms with van der Waals surface area (Å²) in [5, 5.41) is 20.0. The average molecular weight is 219 g/mol. The maximum atomic E-state index is 10.2. The highest BCUT2D eigenvalue weighted by atomic mass is 16.5. The van der Waals surface area contributed by atoms with E-state index in [4.69, 9.17) is 14.9 Å². The van der Waals surface area contributed by atoms with E-state index >= 15 is 0 Å². The Balaban J connectivity index is 2.89. The van der Waals surface area contributed by atoms with Crippen molar-refractivity contribution < 1.29 is 19.7 Å². The summed E-state index contributed by atoms with van der Waals surface area (Å²) in [6, 6.07) is 0. The second kappa shape index (κ2) is 11.4. The van der Waals surface area contributed by atoms with Crippen LogP contribution in [-0.4, -0.2) is 49.1 Å². The zero-order chi connectivity index (χ0) is 11.4. The van der Waals surface area contributed by atoms with Gasteiger partial charge in [-0.15, -0.1) is 0 Å². The van der Waals surface area contributed by atoms with Crippen LogP contribution in [0.15, 0.2) is 0 Å². The van der Waals surface area contributed by atoms with Crippen molar-refractivity contribution in [3.8, 4) is 0 Å². The predicted molar refractivity (Wildman–Crippen MR) is 56.9 cm³/mol. The van der Waals surface area contributed by atoms with Crippen molar-refractivity contribution in [1.29, 1.82) is 0 Å². The lowest BCUT2D eigenvalue weighted by molar-refractivity contribution is -0.137. The number of carboxylic acids is 1. The van der Waals surface area contributed by atoms with Gasteiger partial charge in [0, 0.05) is 13.0 Å². The summed E-state index contributed by atoms with van der Waals surface area (Å²) in [4.78, 5) is 10.2. The molecule has 0 fully saturated rings. The Morgan fingerprint density at radius 2 is 1.87 bits per heavy atom. The molecule has 90 valence electrons. The molecule has 0 amide bonds. The first kappa shape index (κ1) is 14.3. The summed E-state index contributed by atoms with van der Waals surface area (Å²) in [7, 11) is 0. The number of hydrogen-bond acceptors (Lipinski definition) is 4. The average Bonchev–Trinajstić information content (AvgIpc) is 2.20. The number of carbonyl (C=O) groups is 1. The summed E-state index contributed by atoms with van der Waals surface area (Å²) in [6.45, 7) is 2.86. The van der Waals surface area contributed by atoms with E-state index in [0.717, 1.165) is 32.4 Å². The predicted octanol–water partition coefficient (Wildman–Crippen LogP) is 0.230. The molecule has 0 saturated carbocycles. The minimum absolute atomic E-state index is 0.0720. The number of nitrogens with one attached hydrogen (secondary N) is 1. The lowest BCUT2D eigenvalue weighted by Gasteiger charge is -2.04. The van der Waals surface area contributed by atoms with E-state index in [9.17, 15) is 4.79 Å². The SMILES string of the molecule is O=C(O)CCCCNCCCOCCO. The van der Waals surface area contributed by atoms with Gasteiger partial charge >= 0.3 is 5.97 Å². The molecule has 0 unspecified atom stereocenters. The number of aliphatic hydroxyl groups is 1. The highest BCUT2D eigenvalue weighted by molar-refractivity contribution is 5.66. The molecule has 0 aromatic rings. The highest BCUT2D eigenvalue weighted by Crippen LogP contribution is 1.93. The van der Waals surface area contributed by atoms with Crippen LogP contribution in [0.4, 0.5) is 0 Å². The number of hydrogen-bond donors (Lipinski definition) is 3. The monoisotopic (exact) mass is 219 g/mol. The van der Waals surface area contributed by atoms with Crippen molar-refractivity contribution in [2.45, 2.75) is 25.7 Å². The molecule has 0 atom stereocenters. The minimum Gasteiger partial charge on any atom is -0.481 e. The van der Waals surface area contributed by atoms with E-state index in [0.29, 0.717) is 13.2 Å². The molecular formula is C10H21NO4. The Morgan fingerprint density at radius 3 is 2.53 bits per heavy atom. The molecule has 3 N–H and O–H groups in total. The molecule has 0 aliphatic rings. The first-order valence-corrected chi connectivity index (χ1v) is 5.38. The van der Waals surface area contributed by atoms with Gasteiger partial charge in [-0.25, -0.2) is 0 Å². The molecule has 15 heavy (non-hydrogen) atoms. The second-order valence-electron chi connectivity index (χ2n) is 3.29. The number of aliphatic hydroxyl groups excluding tert-OH is 1. The van der Waals surface area contributed by atoms with Gasteiger partial charge in [-0.05, 0) is 32.4 Å². The molecule has 0 rings (SSSR count). The number of rotatable bonds is 11. The molecular weight excluding hydrogens is 198 g/mol. The van der Waals surface area contributed by atoms with Crippen LogP contribution in [0.2, 0.25) is 0 Å². The Hall–Kier alpha value is -0.650. The summed E-state index contributed by atoms with van der Waals surface area (Å²) in [5.74, 6) is -0.729. The molecule has 0 spiro atoms. The maximum absolute atomic E-state index is 10.2. The van der Waals surface area contributed by atoms with E-state index in [1.807, 2.05) is 0 Å². The Bertz CT molecular complexity index is 152. The smallest absolute Gasteiger partial charge is 0.303 e. The van der Waals surface area contributed by atoms with Crippen molar-refractivity contribution in [3.63, 3.8) is 0 Å². The first-order valence-electron chi connectivity index (χ1n) is 5.38. The fourth-order valence-corrected chi connectivity index (χ4v) is 1.12. The Labute approximate surface area is 90.4 Å². The van der Waals surface area contributed by atoms with Crippen LogP contribution in [-0.2, 0) is 9.53 Å². The molecule has 0 aromatic heterocycles. The summed E-state index contributed by atoms with van der Waals surface area (Å²) >= 11 is 0. The van der Waals surface area contributed by atoms with Gasteiger partial charge in [-0.2, -0.15) is 0 Å². The third-order valence-corrected chi connectivity index (χ3v) is 1.87.